The molecule has 3 aromatic carbocycles. The van der Waals surface area contributed by atoms with Gasteiger partial charge < -0.3 is 14.8 Å². The molecular formula is C29H34N2O5S. The van der Waals surface area contributed by atoms with Gasteiger partial charge in [-0.1, -0.05) is 60.2 Å². The van der Waals surface area contributed by atoms with Gasteiger partial charge in [-0.05, 0) is 56.5 Å². The Morgan fingerprint density at radius 1 is 0.973 bits per heavy atom. The fraction of sp³-hybridized carbons (Fsp3) is 0.345. The molecular weight excluding hydrogens is 488 g/mol. The molecule has 37 heavy (non-hydrogen) atoms. The summed E-state index contributed by atoms with van der Waals surface area (Å²) in [5.41, 5.74) is 2.15. The molecule has 0 aromatic heterocycles. The van der Waals surface area contributed by atoms with Crippen LogP contribution in [0.5, 0.6) is 5.75 Å². The number of amides is 1. The lowest BCUT2D eigenvalue weighted by molar-refractivity contribution is -0.120. The topological polar surface area (TPSA) is 84.9 Å². The van der Waals surface area contributed by atoms with Crippen LogP contribution in [-0.4, -0.2) is 47.2 Å². The summed E-state index contributed by atoms with van der Waals surface area (Å²) in [7, 11) is -4.04. The summed E-state index contributed by atoms with van der Waals surface area (Å²) in [5.74, 6) is 0.0162. The molecule has 8 heteroatoms. The van der Waals surface area contributed by atoms with E-state index in [1.165, 1.54) is 0 Å². The molecule has 3 aromatic rings. The third-order valence-corrected chi connectivity index (χ3v) is 8.56. The van der Waals surface area contributed by atoms with Crippen molar-refractivity contribution in [2.75, 3.05) is 37.2 Å². The molecule has 0 atom stereocenters. The van der Waals surface area contributed by atoms with Gasteiger partial charge in [0.25, 0.3) is 10.0 Å². The number of sulfonamides is 1. The zero-order valence-electron chi connectivity index (χ0n) is 21.4. The van der Waals surface area contributed by atoms with E-state index in [-0.39, 0.29) is 22.8 Å². The summed E-state index contributed by atoms with van der Waals surface area (Å²) in [6.07, 6.45) is 1.55. The van der Waals surface area contributed by atoms with Gasteiger partial charge in [-0.3, -0.25) is 9.10 Å². The van der Waals surface area contributed by atoms with Crippen LogP contribution in [0.15, 0.2) is 83.8 Å². The lowest BCUT2D eigenvalue weighted by atomic mass is 9.74. The van der Waals surface area contributed by atoms with Crippen LogP contribution in [0.25, 0.3) is 0 Å². The maximum atomic E-state index is 13.8. The lowest BCUT2D eigenvalue weighted by Gasteiger charge is -2.38. The molecule has 0 spiro atoms. The SMILES string of the molecule is CCOc1ccccc1N(CC(=O)NCC1(c2ccccc2)CCOCC1)S(=O)(=O)c1ccc(C)cc1. The summed E-state index contributed by atoms with van der Waals surface area (Å²) in [5, 5.41) is 3.03. The average molecular weight is 523 g/mol. The molecule has 7 nitrogen and oxygen atoms in total. The Morgan fingerprint density at radius 2 is 1.62 bits per heavy atom. The van der Waals surface area contributed by atoms with Gasteiger partial charge in [0.1, 0.15) is 12.3 Å². The van der Waals surface area contributed by atoms with Crippen LogP contribution in [0, 0.1) is 6.92 Å². The Balaban J connectivity index is 1.62. The zero-order valence-corrected chi connectivity index (χ0v) is 22.2. The van der Waals surface area contributed by atoms with Crippen LogP contribution < -0.4 is 14.4 Å². The predicted molar refractivity (Wildman–Crippen MR) is 145 cm³/mol. The van der Waals surface area contributed by atoms with E-state index in [1.807, 2.05) is 32.0 Å². The van der Waals surface area contributed by atoms with Crippen molar-refractivity contribution in [3.05, 3.63) is 90.0 Å². The van der Waals surface area contributed by atoms with Crippen molar-refractivity contribution in [2.45, 2.75) is 37.0 Å². The first kappa shape index (κ1) is 26.7. The maximum absolute atomic E-state index is 13.8. The average Bonchev–Trinajstić information content (AvgIpc) is 2.92. The van der Waals surface area contributed by atoms with Crippen LogP contribution in [0.1, 0.15) is 30.9 Å². The zero-order chi connectivity index (χ0) is 26.3. The molecule has 1 fully saturated rings. The van der Waals surface area contributed by atoms with Crippen molar-refractivity contribution in [1.29, 1.82) is 0 Å². The van der Waals surface area contributed by atoms with Crippen molar-refractivity contribution < 1.29 is 22.7 Å². The van der Waals surface area contributed by atoms with Gasteiger partial charge >= 0.3 is 0 Å². The molecule has 4 rings (SSSR count). The van der Waals surface area contributed by atoms with E-state index in [4.69, 9.17) is 9.47 Å². The van der Waals surface area contributed by atoms with Crippen molar-refractivity contribution in [3.8, 4) is 5.75 Å². The number of ether oxygens (including phenoxy) is 2. The van der Waals surface area contributed by atoms with E-state index in [9.17, 15) is 13.2 Å². The molecule has 1 aliphatic rings. The molecule has 1 amide bonds. The quantitative estimate of drug-likeness (QED) is 0.425. The first-order valence-electron chi connectivity index (χ1n) is 12.6. The summed E-state index contributed by atoms with van der Waals surface area (Å²) < 4.78 is 40.1. The normalized spacial score (nSPS) is 15.1. The Hall–Kier alpha value is -3.36. The highest BCUT2D eigenvalue weighted by molar-refractivity contribution is 7.92. The highest BCUT2D eigenvalue weighted by atomic mass is 32.2. The van der Waals surface area contributed by atoms with Gasteiger partial charge in [-0.25, -0.2) is 8.42 Å². The molecule has 1 saturated heterocycles. The highest BCUT2D eigenvalue weighted by Gasteiger charge is 2.36. The van der Waals surface area contributed by atoms with Gasteiger partial charge in [0, 0.05) is 25.2 Å². The van der Waals surface area contributed by atoms with Gasteiger partial charge in [-0.2, -0.15) is 0 Å². The molecule has 0 aliphatic carbocycles. The molecule has 1 heterocycles. The van der Waals surface area contributed by atoms with Crippen LogP contribution >= 0.6 is 0 Å². The molecule has 0 bridgehead atoms. The van der Waals surface area contributed by atoms with Crippen LogP contribution in [0.3, 0.4) is 0 Å². The molecule has 1 N–H and O–H groups in total. The van der Waals surface area contributed by atoms with Crippen LogP contribution in [0.2, 0.25) is 0 Å². The number of carbonyl (C=O) groups is 1. The van der Waals surface area contributed by atoms with Crippen molar-refractivity contribution in [1.82, 2.24) is 5.32 Å². The number of carbonyl (C=O) groups excluding carboxylic acids is 1. The summed E-state index contributed by atoms with van der Waals surface area (Å²) in [6, 6.07) is 23.6. The minimum absolute atomic E-state index is 0.113. The van der Waals surface area contributed by atoms with Crippen molar-refractivity contribution in [2.24, 2.45) is 0 Å². The summed E-state index contributed by atoms with van der Waals surface area (Å²) in [4.78, 5) is 13.5. The number of nitrogens with one attached hydrogen (secondary N) is 1. The second-order valence-electron chi connectivity index (χ2n) is 9.26. The van der Waals surface area contributed by atoms with Crippen molar-refractivity contribution in [3.63, 3.8) is 0 Å². The number of benzene rings is 3. The maximum Gasteiger partial charge on any atom is 0.264 e. The number of rotatable bonds is 10. The number of hydrogen-bond acceptors (Lipinski definition) is 5. The Labute approximate surface area is 219 Å². The number of anilines is 1. The Kier molecular flexibility index (Phi) is 8.51. The lowest BCUT2D eigenvalue weighted by Crippen LogP contribution is -2.48. The van der Waals surface area contributed by atoms with Crippen molar-refractivity contribution >= 4 is 21.6 Å². The first-order chi connectivity index (χ1) is 17.9. The van der Waals surface area contributed by atoms with E-state index < -0.39 is 10.0 Å². The van der Waals surface area contributed by atoms with E-state index in [2.05, 4.69) is 17.4 Å². The third kappa shape index (κ3) is 6.14. The molecule has 0 saturated carbocycles. The van der Waals surface area contributed by atoms with E-state index in [0.29, 0.717) is 37.8 Å². The monoisotopic (exact) mass is 522 g/mol. The molecule has 1 aliphatic heterocycles. The number of nitrogens with zero attached hydrogens (tertiary/aromatic N) is 1. The second-order valence-corrected chi connectivity index (χ2v) is 11.1. The summed E-state index contributed by atoms with van der Waals surface area (Å²) >= 11 is 0. The number of para-hydroxylation sites is 2. The van der Waals surface area contributed by atoms with Gasteiger partial charge in [0.2, 0.25) is 5.91 Å². The fourth-order valence-electron chi connectivity index (χ4n) is 4.65. The largest absolute Gasteiger partial charge is 0.492 e. The smallest absolute Gasteiger partial charge is 0.264 e. The molecule has 0 unspecified atom stereocenters. The van der Waals surface area contributed by atoms with E-state index in [0.717, 1.165) is 28.3 Å². The fourth-order valence-corrected chi connectivity index (χ4v) is 6.08. The Bertz CT molecular complexity index is 1290. The third-order valence-electron chi connectivity index (χ3n) is 6.79. The molecule has 196 valence electrons. The van der Waals surface area contributed by atoms with Crippen LogP contribution in [0.4, 0.5) is 5.69 Å². The minimum atomic E-state index is -4.04. The van der Waals surface area contributed by atoms with Gasteiger partial charge in [0.15, 0.2) is 0 Å². The minimum Gasteiger partial charge on any atom is -0.492 e. The Morgan fingerprint density at radius 3 is 2.30 bits per heavy atom. The highest BCUT2D eigenvalue weighted by Crippen LogP contribution is 2.35. The summed E-state index contributed by atoms with van der Waals surface area (Å²) in [6.45, 7) is 5.33. The second kappa shape index (κ2) is 11.8. The van der Waals surface area contributed by atoms with E-state index >= 15 is 0 Å². The number of aryl methyl sites for hydroxylation is 1. The molecule has 0 radical (unpaired) electrons. The van der Waals surface area contributed by atoms with Gasteiger partial charge in [-0.15, -0.1) is 0 Å². The number of hydrogen-bond donors (Lipinski definition) is 1. The van der Waals surface area contributed by atoms with Crippen LogP contribution in [-0.2, 0) is 25.0 Å². The predicted octanol–water partition coefficient (Wildman–Crippen LogP) is 4.45. The van der Waals surface area contributed by atoms with E-state index in [1.54, 1.807) is 48.5 Å². The standard InChI is InChI=1S/C29H34N2O5S/c1-3-36-27-12-8-7-11-26(27)31(37(33,34)25-15-13-23(2)14-16-25)21-28(32)30-22-29(17-19-35-20-18-29)24-9-5-4-6-10-24/h4-16H,3,17-22H2,1-2H3,(H,30,32). The van der Waals surface area contributed by atoms with Gasteiger partial charge in [0.05, 0.1) is 17.2 Å². The first-order valence-corrected chi connectivity index (χ1v) is 14.0.